The number of oxime groups is 1. The molecule has 2 aromatic heterocycles. The van der Waals surface area contributed by atoms with Gasteiger partial charge in [-0.2, -0.15) is 0 Å². The fourth-order valence-corrected chi connectivity index (χ4v) is 4.04. The van der Waals surface area contributed by atoms with Crippen LogP contribution in [0.4, 0.5) is 0 Å². The van der Waals surface area contributed by atoms with Crippen molar-refractivity contribution in [2.45, 2.75) is 32.6 Å². The van der Waals surface area contributed by atoms with Crippen LogP contribution in [0.1, 0.15) is 46.2 Å². The van der Waals surface area contributed by atoms with Crippen molar-refractivity contribution in [2.24, 2.45) is 5.16 Å². The molecule has 0 aliphatic carbocycles. The topological polar surface area (TPSA) is 93.6 Å². The van der Waals surface area contributed by atoms with Gasteiger partial charge in [0.05, 0.1) is 12.3 Å². The van der Waals surface area contributed by atoms with Gasteiger partial charge < -0.3 is 14.4 Å². The Morgan fingerprint density at radius 3 is 2.56 bits per heavy atom. The quantitative estimate of drug-likeness (QED) is 0.208. The molecule has 0 bridgehead atoms. The molecule has 0 radical (unpaired) electrons. The highest BCUT2D eigenvalue weighted by molar-refractivity contribution is 6.01. The summed E-state index contributed by atoms with van der Waals surface area (Å²) in [5.41, 5.74) is 6.66. The Labute approximate surface area is 199 Å². The van der Waals surface area contributed by atoms with Gasteiger partial charge in [0.2, 0.25) is 11.8 Å². The molecule has 1 atom stereocenters. The lowest BCUT2D eigenvalue weighted by atomic mass is 9.83. The van der Waals surface area contributed by atoms with Gasteiger partial charge in [0.25, 0.3) is 0 Å². The molecule has 174 valence electrons. The maximum atomic E-state index is 9.87. The molecule has 7 heteroatoms. The normalized spacial score (nSPS) is 12.6. The zero-order valence-electron chi connectivity index (χ0n) is 19.6. The van der Waals surface area contributed by atoms with Gasteiger partial charge in [-0.1, -0.05) is 41.6 Å². The van der Waals surface area contributed by atoms with Crippen LogP contribution < -0.4 is 0 Å². The van der Waals surface area contributed by atoms with Crippen LogP contribution in [0.3, 0.4) is 0 Å². The summed E-state index contributed by atoms with van der Waals surface area (Å²) < 4.78 is 10.8. The second-order valence-electron chi connectivity index (χ2n) is 8.21. The Balaban J connectivity index is 1.65. The average Bonchev–Trinajstić information content (AvgIpc) is 3.33. The Morgan fingerprint density at radius 1 is 1.06 bits per heavy atom. The maximum Gasteiger partial charge on any atom is 0.247 e. The van der Waals surface area contributed by atoms with Crippen LogP contribution in [0, 0.1) is 13.8 Å². The van der Waals surface area contributed by atoms with Crippen molar-refractivity contribution >= 4 is 5.71 Å². The lowest BCUT2D eigenvalue weighted by molar-refractivity contribution is 0.195. The highest BCUT2D eigenvalue weighted by Crippen LogP contribution is 2.33. The van der Waals surface area contributed by atoms with Gasteiger partial charge in [0.1, 0.15) is 0 Å². The summed E-state index contributed by atoms with van der Waals surface area (Å²) in [7, 11) is 1.64. The number of rotatable bonds is 9. The van der Waals surface area contributed by atoms with Gasteiger partial charge in [-0.25, -0.2) is 0 Å². The summed E-state index contributed by atoms with van der Waals surface area (Å²) >= 11 is 0. The van der Waals surface area contributed by atoms with E-state index in [1.807, 2.05) is 43.3 Å². The molecular formula is C27H28N4O3. The lowest BCUT2D eigenvalue weighted by Crippen LogP contribution is -2.12. The molecule has 7 nitrogen and oxygen atoms in total. The Bertz CT molecular complexity index is 1260. The molecule has 0 saturated carbocycles. The third-order valence-corrected chi connectivity index (χ3v) is 5.86. The molecule has 34 heavy (non-hydrogen) atoms. The number of benzene rings is 2. The van der Waals surface area contributed by atoms with Gasteiger partial charge in [-0.15, -0.1) is 10.2 Å². The zero-order chi connectivity index (χ0) is 23.9. The molecule has 4 aromatic rings. The van der Waals surface area contributed by atoms with Gasteiger partial charge in [-0.3, -0.25) is 4.98 Å². The van der Waals surface area contributed by atoms with E-state index in [1.54, 1.807) is 13.3 Å². The van der Waals surface area contributed by atoms with Crippen LogP contribution in [0.5, 0.6) is 0 Å². The summed E-state index contributed by atoms with van der Waals surface area (Å²) in [6.07, 6.45) is 2.85. The van der Waals surface area contributed by atoms with Crippen LogP contribution >= 0.6 is 0 Å². The van der Waals surface area contributed by atoms with E-state index in [0.29, 0.717) is 36.9 Å². The largest absolute Gasteiger partial charge is 0.421 e. The van der Waals surface area contributed by atoms with Crippen molar-refractivity contribution in [2.75, 3.05) is 13.7 Å². The van der Waals surface area contributed by atoms with Gasteiger partial charge >= 0.3 is 0 Å². The maximum absolute atomic E-state index is 9.87. The van der Waals surface area contributed by atoms with Gasteiger partial charge in [0, 0.05) is 48.9 Å². The first-order valence-electron chi connectivity index (χ1n) is 11.2. The smallest absolute Gasteiger partial charge is 0.247 e. The number of aromatic nitrogens is 3. The first-order valence-corrected chi connectivity index (χ1v) is 11.2. The fourth-order valence-electron chi connectivity index (χ4n) is 4.04. The molecule has 0 aliphatic rings. The number of pyridine rings is 1. The lowest BCUT2D eigenvalue weighted by Gasteiger charge is -2.21. The molecule has 0 spiro atoms. The number of ether oxygens (including phenoxy) is 1. The van der Waals surface area contributed by atoms with Crippen LogP contribution in [-0.2, 0) is 11.2 Å². The minimum absolute atomic E-state index is 0.00503. The highest BCUT2D eigenvalue weighted by Gasteiger charge is 2.21. The fraction of sp³-hybridized carbons (Fsp3) is 0.259. The number of aryl methyl sites for hydroxylation is 2. The van der Waals surface area contributed by atoms with E-state index in [-0.39, 0.29) is 5.92 Å². The van der Waals surface area contributed by atoms with Crippen molar-refractivity contribution in [3.63, 3.8) is 0 Å². The molecule has 4 rings (SSSR count). The van der Waals surface area contributed by atoms with Crippen molar-refractivity contribution in [3.8, 4) is 11.5 Å². The van der Waals surface area contributed by atoms with Crippen LogP contribution in [0.25, 0.3) is 11.5 Å². The third kappa shape index (κ3) is 5.38. The van der Waals surface area contributed by atoms with E-state index in [1.165, 1.54) is 11.1 Å². The molecule has 0 saturated heterocycles. The summed E-state index contributed by atoms with van der Waals surface area (Å²) in [6, 6.07) is 20.2. The molecule has 0 amide bonds. The van der Waals surface area contributed by atoms with E-state index in [2.05, 4.69) is 51.5 Å². The first kappa shape index (κ1) is 23.3. The van der Waals surface area contributed by atoms with E-state index >= 15 is 0 Å². The van der Waals surface area contributed by atoms with E-state index in [9.17, 15) is 5.21 Å². The summed E-state index contributed by atoms with van der Waals surface area (Å²) in [4.78, 5) is 4.26. The molecule has 1 unspecified atom stereocenters. The Kier molecular flexibility index (Phi) is 7.44. The second-order valence-corrected chi connectivity index (χ2v) is 8.21. The summed E-state index contributed by atoms with van der Waals surface area (Å²) in [5.74, 6) is 1.03. The summed E-state index contributed by atoms with van der Waals surface area (Å²) in [6.45, 7) is 4.56. The molecule has 0 aliphatic heterocycles. The summed E-state index contributed by atoms with van der Waals surface area (Å²) in [5, 5.41) is 21.8. The standard InChI is InChI=1S/C27H28N4O3/c1-18-6-4-5-7-23(18)24(17-25(31-32)22-12-14-28-19(2)16-22)20-8-10-21(11-9-20)27-30-29-26(34-27)13-15-33-3/h4-12,14,16,24,32H,13,15,17H2,1-3H3/b31-25+. The van der Waals surface area contributed by atoms with Crippen LogP contribution in [-0.4, -0.2) is 39.8 Å². The van der Waals surface area contributed by atoms with Crippen molar-refractivity contribution < 1.29 is 14.4 Å². The minimum Gasteiger partial charge on any atom is -0.421 e. The molecule has 0 fully saturated rings. The minimum atomic E-state index is -0.00503. The van der Waals surface area contributed by atoms with E-state index in [4.69, 9.17) is 9.15 Å². The second kappa shape index (κ2) is 10.9. The SMILES string of the molecule is COCCc1nnc(-c2ccc(C(C/C(=N\O)c3ccnc(C)c3)c3ccccc3C)cc2)o1. The Hall–Kier alpha value is -3.84. The van der Waals surface area contributed by atoms with Crippen molar-refractivity contribution in [3.05, 3.63) is 101 Å². The predicted molar refractivity (Wildman–Crippen MR) is 130 cm³/mol. The number of hydrogen-bond donors (Lipinski definition) is 1. The number of methoxy groups -OCH3 is 1. The monoisotopic (exact) mass is 456 g/mol. The average molecular weight is 457 g/mol. The van der Waals surface area contributed by atoms with E-state index in [0.717, 1.165) is 22.4 Å². The molecule has 1 N–H and O–H groups in total. The van der Waals surface area contributed by atoms with Crippen molar-refractivity contribution in [1.29, 1.82) is 0 Å². The molecular weight excluding hydrogens is 428 g/mol. The van der Waals surface area contributed by atoms with Crippen LogP contribution in [0.2, 0.25) is 0 Å². The Morgan fingerprint density at radius 2 is 1.85 bits per heavy atom. The first-order chi connectivity index (χ1) is 16.6. The predicted octanol–water partition coefficient (Wildman–Crippen LogP) is 5.34. The van der Waals surface area contributed by atoms with Crippen molar-refractivity contribution in [1.82, 2.24) is 15.2 Å². The highest BCUT2D eigenvalue weighted by atomic mass is 16.5. The van der Waals surface area contributed by atoms with Gasteiger partial charge in [0.15, 0.2) is 0 Å². The van der Waals surface area contributed by atoms with E-state index < -0.39 is 0 Å². The van der Waals surface area contributed by atoms with Gasteiger partial charge in [-0.05, 0) is 54.8 Å². The zero-order valence-corrected chi connectivity index (χ0v) is 19.6. The molecule has 2 heterocycles. The van der Waals surface area contributed by atoms with Crippen LogP contribution in [0.15, 0.2) is 76.4 Å². The third-order valence-electron chi connectivity index (χ3n) is 5.86. The molecule has 2 aromatic carbocycles. The number of hydrogen-bond acceptors (Lipinski definition) is 7. The number of nitrogens with zero attached hydrogens (tertiary/aromatic N) is 4.